The van der Waals surface area contributed by atoms with Gasteiger partial charge in [-0.15, -0.1) is 5.10 Å². The van der Waals surface area contributed by atoms with Crippen LogP contribution in [0.4, 0.5) is 10.1 Å². The molecule has 0 saturated carbocycles. The van der Waals surface area contributed by atoms with Crippen LogP contribution in [0.5, 0.6) is 5.75 Å². The zero-order chi connectivity index (χ0) is 19.2. The van der Waals surface area contributed by atoms with E-state index in [2.05, 4.69) is 20.5 Å². The maximum absolute atomic E-state index is 13.5. The number of hydrogen-bond donors (Lipinski definition) is 2. The van der Waals surface area contributed by atoms with Gasteiger partial charge < -0.3 is 10.1 Å². The van der Waals surface area contributed by atoms with E-state index in [-0.39, 0.29) is 24.0 Å². The number of ether oxygens (including phenoxy) is 1. The summed E-state index contributed by atoms with van der Waals surface area (Å²) in [6, 6.07) is 11.4. The third-order valence-electron chi connectivity index (χ3n) is 3.50. The van der Waals surface area contributed by atoms with Gasteiger partial charge in [0, 0.05) is 5.02 Å². The number of H-pyrrole nitrogens is 1. The van der Waals surface area contributed by atoms with Gasteiger partial charge in [0.05, 0.1) is 11.4 Å². The molecule has 1 amide bonds. The molecular weight excluding hydrogens is 391 g/mol. The van der Waals surface area contributed by atoms with Crippen LogP contribution in [0.1, 0.15) is 11.4 Å². The fourth-order valence-electron chi connectivity index (χ4n) is 2.14. The molecule has 1 heterocycles. The van der Waals surface area contributed by atoms with Crippen molar-refractivity contribution >= 4 is 35.0 Å². The Morgan fingerprint density at radius 1 is 1.33 bits per heavy atom. The van der Waals surface area contributed by atoms with E-state index in [1.54, 1.807) is 24.3 Å². The molecule has 2 aromatic carbocycles. The molecule has 2 N–H and O–H groups in total. The second kappa shape index (κ2) is 8.88. The van der Waals surface area contributed by atoms with E-state index in [1.165, 1.54) is 12.1 Å². The largest absolute Gasteiger partial charge is 0.486 e. The highest BCUT2D eigenvalue weighted by molar-refractivity contribution is 7.99. The summed E-state index contributed by atoms with van der Waals surface area (Å²) in [6.45, 7) is 2.10. The van der Waals surface area contributed by atoms with Gasteiger partial charge in [-0.1, -0.05) is 35.5 Å². The van der Waals surface area contributed by atoms with E-state index in [0.29, 0.717) is 21.8 Å². The minimum atomic E-state index is -0.481. The Balaban J connectivity index is 1.48. The Morgan fingerprint density at radius 3 is 2.93 bits per heavy atom. The lowest BCUT2D eigenvalue weighted by atomic mass is 10.2. The molecule has 1 aromatic heterocycles. The van der Waals surface area contributed by atoms with Gasteiger partial charge in [-0.2, -0.15) is 0 Å². The molecule has 0 aliphatic carbocycles. The van der Waals surface area contributed by atoms with Crippen LogP contribution in [0.15, 0.2) is 47.6 Å². The van der Waals surface area contributed by atoms with E-state index < -0.39 is 5.82 Å². The first kappa shape index (κ1) is 19.2. The van der Waals surface area contributed by atoms with Crippen molar-refractivity contribution < 1.29 is 13.9 Å². The Kier molecular flexibility index (Phi) is 6.31. The lowest BCUT2D eigenvalue weighted by Crippen LogP contribution is -2.15. The van der Waals surface area contributed by atoms with Gasteiger partial charge in [0.25, 0.3) is 0 Å². The molecule has 0 bridgehead atoms. The smallest absolute Gasteiger partial charge is 0.234 e. The zero-order valence-corrected chi connectivity index (χ0v) is 15.9. The van der Waals surface area contributed by atoms with Gasteiger partial charge in [0.2, 0.25) is 11.1 Å². The molecule has 0 saturated heterocycles. The maximum Gasteiger partial charge on any atom is 0.234 e. The molecule has 0 unspecified atom stereocenters. The number of aromatic amines is 1. The Hall–Kier alpha value is -2.58. The van der Waals surface area contributed by atoms with Crippen molar-refractivity contribution in [3.63, 3.8) is 0 Å². The van der Waals surface area contributed by atoms with Crippen molar-refractivity contribution in [1.82, 2.24) is 15.2 Å². The van der Waals surface area contributed by atoms with E-state index in [0.717, 1.165) is 17.3 Å². The average Bonchev–Trinajstić information content (AvgIpc) is 3.11. The molecule has 3 aromatic rings. The first-order valence-electron chi connectivity index (χ1n) is 7.98. The highest BCUT2D eigenvalue weighted by Gasteiger charge is 2.10. The Morgan fingerprint density at radius 2 is 2.15 bits per heavy atom. The number of carbonyl (C=O) groups excluding carboxylic acids is 1. The minimum Gasteiger partial charge on any atom is -0.486 e. The third kappa shape index (κ3) is 5.45. The van der Waals surface area contributed by atoms with Crippen LogP contribution in [-0.2, 0) is 11.4 Å². The number of aryl methyl sites for hydroxylation is 1. The molecule has 9 heteroatoms. The molecule has 6 nitrogen and oxygen atoms in total. The highest BCUT2D eigenvalue weighted by atomic mass is 35.5. The van der Waals surface area contributed by atoms with Gasteiger partial charge >= 0.3 is 0 Å². The van der Waals surface area contributed by atoms with Crippen molar-refractivity contribution in [2.75, 3.05) is 11.1 Å². The van der Waals surface area contributed by atoms with E-state index in [9.17, 15) is 9.18 Å². The van der Waals surface area contributed by atoms with E-state index >= 15 is 0 Å². The number of anilines is 1. The van der Waals surface area contributed by atoms with E-state index in [1.807, 2.05) is 13.0 Å². The number of para-hydroxylation sites is 1. The first-order chi connectivity index (χ1) is 13.0. The highest BCUT2D eigenvalue weighted by Crippen LogP contribution is 2.22. The fraction of sp³-hybridized carbons (Fsp3) is 0.167. The van der Waals surface area contributed by atoms with Gasteiger partial charge in [0.15, 0.2) is 5.82 Å². The quantitative estimate of drug-likeness (QED) is 0.574. The lowest BCUT2D eigenvalue weighted by Gasteiger charge is -2.05. The summed E-state index contributed by atoms with van der Waals surface area (Å²) >= 11 is 7.12. The molecule has 0 spiro atoms. The third-order valence-corrected chi connectivity index (χ3v) is 4.77. The summed E-state index contributed by atoms with van der Waals surface area (Å²) in [6.07, 6.45) is 0. The van der Waals surface area contributed by atoms with Crippen LogP contribution in [0.2, 0.25) is 5.02 Å². The normalized spacial score (nSPS) is 10.6. The van der Waals surface area contributed by atoms with Gasteiger partial charge in [-0.25, -0.2) is 9.37 Å². The fourth-order valence-corrected chi connectivity index (χ4v) is 2.88. The second-order valence-corrected chi connectivity index (χ2v) is 6.93. The number of rotatable bonds is 7. The monoisotopic (exact) mass is 406 g/mol. The molecule has 0 aliphatic rings. The first-order valence-corrected chi connectivity index (χ1v) is 9.35. The summed E-state index contributed by atoms with van der Waals surface area (Å²) in [5.41, 5.74) is 1.06. The number of benzene rings is 2. The van der Waals surface area contributed by atoms with Crippen LogP contribution in [0, 0.1) is 12.7 Å². The lowest BCUT2D eigenvalue weighted by molar-refractivity contribution is -0.113. The molecule has 3 rings (SSSR count). The molecule has 0 aliphatic heterocycles. The molecule has 140 valence electrons. The second-order valence-electron chi connectivity index (χ2n) is 5.58. The molecular formula is C18H16ClFN4O2S. The summed E-state index contributed by atoms with van der Waals surface area (Å²) < 4.78 is 19.2. The zero-order valence-electron chi connectivity index (χ0n) is 14.3. The van der Waals surface area contributed by atoms with Crippen LogP contribution < -0.4 is 10.1 Å². The van der Waals surface area contributed by atoms with Crippen molar-refractivity contribution in [3.05, 3.63) is 64.7 Å². The number of halogens is 2. The number of thioether (sulfide) groups is 1. The number of hydrogen-bond acceptors (Lipinski definition) is 5. The van der Waals surface area contributed by atoms with Crippen LogP contribution in [0.3, 0.4) is 0 Å². The van der Waals surface area contributed by atoms with Gasteiger partial charge in [-0.05, 0) is 42.8 Å². The van der Waals surface area contributed by atoms with Crippen LogP contribution in [0.25, 0.3) is 0 Å². The number of aromatic nitrogens is 3. The molecule has 0 fully saturated rings. The Labute approximate surface area is 164 Å². The van der Waals surface area contributed by atoms with Crippen molar-refractivity contribution in [3.8, 4) is 5.75 Å². The minimum absolute atomic E-state index is 0.0584. The summed E-state index contributed by atoms with van der Waals surface area (Å²) in [5.74, 6) is 0.435. The number of nitrogens with zero attached hydrogens (tertiary/aromatic N) is 2. The maximum atomic E-state index is 13.5. The summed E-state index contributed by atoms with van der Waals surface area (Å²) in [5, 5.41) is 10.4. The Bertz CT molecular complexity index is 951. The standard InChI is InChI=1S/C18H16ClFN4O2S/c1-11-8-12(6-7-13(11)19)26-9-16-22-18(24-23-16)27-10-17(25)21-15-5-3-2-4-14(15)20/h2-8H,9-10H2,1H3,(H,21,25)(H,22,23,24). The van der Waals surface area contributed by atoms with Crippen molar-refractivity contribution in [2.45, 2.75) is 18.7 Å². The average molecular weight is 407 g/mol. The predicted octanol–water partition coefficient (Wildman–Crippen LogP) is 4.22. The molecule has 0 atom stereocenters. The number of carbonyl (C=O) groups is 1. The van der Waals surface area contributed by atoms with Crippen LogP contribution in [-0.4, -0.2) is 26.8 Å². The predicted molar refractivity (Wildman–Crippen MR) is 103 cm³/mol. The van der Waals surface area contributed by atoms with Crippen molar-refractivity contribution in [2.24, 2.45) is 0 Å². The van der Waals surface area contributed by atoms with Gasteiger partial charge in [-0.3, -0.25) is 9.89 Å². The number of amides is 1. The van der Waals surface area contributed by atoms with Crippen molar-refractivity contribution in [1.29, 1.82) is 0 Å². The van der Waals surface area contributed by atoms with Gasteiger partial charge in [0.1, 0.15) is 18.2 Å². The summed E-state index contributed by atoms with van der Waals surface area (Å²) in [4.78, 5) is 16.2. The SMILES string of the molecule is Cc1cc(OCc2nc(SCC(=O)Nc3ccccc3F)n[nH]2)ccc1Cl. The van der Waals surface area contributed by atoms with E-state index in [4.69, 9.17) is 16.3 Å². The molecule has 0 radical (unpaired) electrons. The molecule has 27 heavy (non-hydrogen) atoms. The topological polar surface area (TPSA) is 79.9 Å². The number of nitrogens with one attached hydrogen (secondary N) is 2. The van der Waals surface area contributed by atoms with Crippen LogP contribution >= 0.6 is 23.4 Å². The summed E-state index contributed by atoms with van der Waals surface area (Å²) in [7, 11) is 0.